The third-order valence-electron chi connectivity index (χ3n) is 4.53. The molecule has 3 nitrogen and oxygen atoms in total. The largest absolute Gasteiger partial charge is 0.396 e. The van der Waals surface area contributed by atoms with Gasteiger partial charge in [0.1, 0.15) is 0 Å². The molecule has 0 radical (unpaired) electrons. The van der Waals surface area contributed by atoms with Crippen molar-refractivity contribution in [3.8, 4) is 0 Å². The van der Waals surface area contributed by atoms with Gasteiger partial charge in [-0.1, -0.05) is 26.0 Å². The van der Waals surface area contributed by atoms with Crippen LogP contribution in [0.15, 0.2) is 24.3 Å². The molecule has 1 unspecified atom stereocenters. The molecule has 0 fully saturated rings. The predicted molar refractivity (Wildman–Crippen MR) is 87.3 cm³/mol. The van der Waals surface area contributed by atoms with E-state index < -0.39 is 0 Å². The summed E-state index contributed by atoms with van der Waals surface area (Å²) in [6.07, 6.45) is 2.00. The standard InChI is InChI=1S/C17H30N2O/c1-6-17(7-2,13-20)12-18-14(3)15-8-10-16(11-9-15)19(4)5/h8-11,14,18,20H,6-7,12-13H2,1-5H3. The Kier molecular flexibility index (Phi) is 6.50. The summed E-state index contributed by atoms with van der Waals surface area (Å²) in [6, 6.07) is 8.94. The van der Waals surface area contributed by atoms with Gasteiger partial charge in [-0.25, -0.2) is 0 Å². The van der Waals surface area contributed by atoms with Gasteiger partial charge in [0.25, 0.3) is 0 Å². The van der Waals surface area contributed by atoms with Crippen LogP contribution in [-0.4, -0.2) is 32.4 Å². The number of benzene rings is 1. The minimum atomic E-state index is 0.0117. The summed E-state index contributed by atoms with van der Waals surface area (Å²) in [6.45, 7) is 7.58. The fourth-order valence-electron chi connectivity index (χ4n) is 2.33. The summed E-state index contributed by atoms with van der Waals surface area (Å²) < 4.78 is 0. The Morgan fingerprint density at radius 3 is 2.10 bits per heavy atom. The van der Waals surface area contributed by atoms with E-state index in [1.807, 2.05) is 0 Å². The highest BCUT2D eigenvalue weighted by molar-refractivity contribution is 5.46. The lowest BCUT2D eigenvalue weighted by atomic mass is 9.83. The van der Waals surface area contributed by atoms with Crippen molar-refractivity contribution < 1.29 is 5.11 Å². The molecular formula is C17H30N2O. The number of nitrogens with zero attached hydrogens (tertiary/aromatic N) is 1. The van der Waals surface area contributed by atoms with Gasteiger partial charge in [0, 0.05) is 44.4 Å². The first-order valence-electron chi connectivity index (χ1n) is 7.59. The second-order valence-corrected chi connectivity index (χ2v) is 5.95. The zero-order valence-electron chi connectivity index (χ0n) is 13.6. The molecule has 0 aliphatic carbocycles. The van der Waals surface area contributed by atoms with E-state index in [9.17, 15) is 5.11 Å². The third-order valence-corrected chi connectivity index (χ3v) is 4.53. The van der Waals surface area contributed by atoms with Crippen LogP contribution < -0.4 is 10.2 Å². The van der Waals surface area contributed by atoms with Crippen molar-refractivity contribution in [1.29, 1.82) is 0 Å². The number of rotatable bonds is 8. The quantitative estimate of drug-likeness (QED) is 0.766. The van der Waals surface area contributed by atoms with E-state index in [1.54, 1.807) is 0 Å². The molecule has 0 aliphatic rings. The smallest absolute Gasteiger partial charge is 0.0499 e. The van der Waals surface area contributed by atoms with Gasteiger partial charge in [0.2, 0.25) is 0 Å². The summed E-state index contributed by atoms with van der Waals surface area (Å²) >= 11 is 0. The highest BCUT2D eigenvalue weighted by Gasteiger charge is 2.25. The lowest BCUT2D eigenvalue weighted by Gasteiger charge is -2.31. The fourth-order valence-corrected chi connectivity index (χ4v) is 2.33. The van der Waals surface area contributed by atoms with Crippen LogP contribution in [0.25, 0.3) is 0 Å². The van der Waals surface area contributed by atoms with Gasteiger partial charge >= 0.3 is 0 Å². The van der Waals surface area contributed by atoms with Crippen molar-refractivity contribution in [2.24, 2.45) is 5.41 Å². The van der Waals surface area contributed by atoms with E-state index in [0.29, 0.717) is 6.04 Å². The van der Waals surface area contributed by atoms with Crippen molar-refractivity contribution in [3.05, 3.63) is 29.8 Å². The Balaban J connectivity index is 2.64. The number of hydrogen-bond donors (Lipinski definition) is 2. The van der Waals surface area contributed by atoms with Gasteiger partial charge in [-0.3, -0.25) is 0 Å². The highest BCUT2D eigenvalue weighted by atomic mass is 16.3. The van der Waals surface area contributed by atoms with Crippen molar-refractivity contribution in [3.63, 3.8) is 0 Å². The molecule has 0 saturated heterocycles. The molecule has 114 valence electrons. The molecule has 0 aliphatic heterocycles. The number of hydrogen-bond acceptors (Lipinski definition) is 3. The van der Waals surface area contributed by atoms with E-state index in [-0.39, 0.29) is 12.0 Å². The maximum atomic E-state index is 9.61. The molecule has 0 heterocycles. The van der Waals surface area contributed by atoms with Crippen LogP contribution in [0.1, 0.15) is 45.2 Å². The molecule has 0 spiro atoms. The molecule has 20 heavy (non-hydrogen) atoms. The van der Waals surface area contributed by atoms with Gasteiger partial charge in [0.05, 0.1) is 0 Å². The minimum absolute atomic E-state index is 0.0117. The zero-order chi connectivity index (χ0) is 15.2. The molecule has 0 aromatic heterocycles. The molecule has 1 rings (SSSR count). The first-order chi connectivity index (χ1) is 9.48. The molecule has 0 amide bonds. The molecule has 1 atom stereocenters. The normalized spacial score (nSPS) is 13.3. The Morgan fingerprint density at radius 1 is 1.15 bits per heavy atom. The summed E-state index contributed by atoms with van der Waals surface area (Å²) in [5.74, 6) is 0. The monoisotopic (exact) mass is 278 g/mol. The Hall–Kier alpha value is -1.06. The molecule has 0 saturated carbocycles. The number of aliphatic hydroxyl groups is 1. The van der Waals surface area contributed by atoms with E-state index >= 15 is 0 Å². The van der Waals surface area contributed by atoms with Crippen LogP contribution in [0.4, 0.5) is 5.69 Å². The number of aliphatic hydroxyl groups excluding tert-OH is 1. The average molecular weight is 278 g/mol. The highest BCUT2D eigenvalue weighted by Crippen LogP contribution is 2.26. The van der Waals surface area contributed by atoms with E-state index in [2.05, 4.69) is 69.3 Å². The van der Waals surface area contributed by atoms with Crippen LogP contribution in [0.3, 0.4) is 0 Å². The fraction of sp³-hybridized carbons (Fsp3) is 0.647. The Labute approximate surface area is 124 Å². The van der Waals surface area contributed by atoms with Crippen molar-refractivity contribution >= 4 is 5.69 Å². The van der Waals surface area contributed by atoms with Crippen LogP contribution in [0, 0.1) is 5.41 Å². The van der Waals surface area contributed by atoms with Gasteiger partial charge < -0.3 is 15.3 Å². The van der Waals surface area contributed by atoms with E-state index in [1.165, 1.54) is 11.3 Å². The van der Waals surface area contributed by atoms with Gasteiger partial charge in [-0.15, -0.1) is 0 Å². The van der Waals surface area contributed by atoms with Gasteiger partial charge in [-0.05, 0) is 37.5 Å². The topological polar surface area (TPSA) is 35.5 Å². The summed E-state index contributed by atoms with van der Waals surface area (Å²) in [5.41, 5.74) is 2.51. The first-order valence-corrected chi connectivity index (χ1v) is 7.59. The van der Waals surface area contributed by atoms with Gasteiger partial charge in [-0.2, -0.15) is 0 Å². The van der Waals surface area contributed by atoms with Gasteiger partial charge in [0.15, 0.2) is 0 Å². The van der Waals surface area contributed by atoms with E-state index in [4.69, 9.17) is 0 Å². The maximum Gasteiger partial charge on any atom is 0.0499 e. The van der Waals surface area contributed by atoms with Crippen LogP contribution in [0.5, 0.6) is 0 Å². The lowest BCUT2D eigenvalue weighted by Crippen LogP contribution is -2.37. The maximum absolute atomic E-state index is 9.61. The molecular weight excluding hydrogens is 248 g/mol. The molecule has 0 bridgehead atoms. The zero-order valence-corrected chi connectivity index (χ0v) is 13.6. The van der Waals surface area contributed by atoms with Crippen molar-refractivity contribution in [2.45, 2.75) is 39.7 Å². The second-order valence-electron chi connectivity index (χ2n) is 5.95. The first kappa shape index (κ1) is 17.0. The van der Waals surface area contributed by atoms with Crippen LogP contribution >= 0.6 is 0 Å². The Bertz CT molecular complexity index is 374. The molecule has 2 N–H and O–H groups in total. The minimum Gasteiger partial charge on any atom is -0.396 e. The summed E-state index contributed by atoms with van der Waals surface area (Å²) in [5, 5.41) is 13.2. The molecule has 1 aromatic carbocycles. The van der Waals surface area contributed by atoms with Crippen molar-refractivity contribution in [2.75, 3.05) is 32.1 Å². The Morgan fingerprint density at radius 2 is 1.70 bits per heavy atom. The number of nitrogens with one attached hydrogen (secondary N) is 1. The van der Waals surface area contributed by atoms with Crippen LogP contribution in [-0.2, 0) is 0 Å². The van der Waals surface area contributed by atoms with Crippen LogP contribution in [0.2, 0.25) is 0 Å². The lowest BCUT2D eigenvalue weighted by molar-refractivity contribution is 0.110. The van der Waals surface area contributed by atoms with E-state index in [0.717, 1.165) is 19.4 Å². The number of anilines is 1. The predicted octanol–water partition coefficient (Wildman–Crippen LogP) is 3.20. The molecule has 1 aromatic rings. The molecule has 3 heteroatoms. The summed E-state index contributed by atoms with van der Waals surface area (Å²) in [4.78, 5) is 2.10. The van der Waals surface area contributed by atoms with Crippen molar-refractivity contribution in [1.82, 2.24) is 5.32 Å². The SMILES string of the molecule is CCC(CC)(CO)CNC(C)c1ccc(N(C)C)cc1. The summed E-state index contributed by atoms with van der Waals surface area (Å²) in [7, 11) is 4.10. The second kappa shape index (κ2) is 7.65. The third kappa shape index (κ3) is 4.22. The average Bonchev–Trinajstić information content (AvgIpc) is 2.49.